The van der Waals surface area contributed by atoms with E-state index in [2.05, 4.69) is 5.32 Å². The van der Waals surface area contributed by atoms with Crippen LogP contribution in [0, 0.1) is 5.82 Å². The summed E-state index contributed by atoms with van der Waals surface area (Å²) in [6, 6.07) is 13.6. The highest BCUT2D eigenvalue weighted by Gasteiger charge is 2.44. The summed E-state index contributed by atoms with van der Waals surface area (Å²) in [5.74, 6) is 0.0770. The molecule has 5 heteroatoms. The van der Waals surface area contributed by atoms with Crippen molar-refractivity contribution in [2.75, 3.05) is 6.54 Å². The third-order valence-electron chi connectivity index (χ3n) is 4.65. The number of aliphatic hydroxyl groups excluding tert-OH is 1. The smallest absolute Gasteiger partial charge is 0.260 e. The van der Waals surface area contributed by atoms with Gasteiger partial charge in [0, 0.05) is 12.0 Å². The molecule has 0 aromatic heterocycles. The normalized spacial score (nSPS) is 16.1. The number of hydrogen-bond donors (Lipinski definition) is 2. The van der Waals surface area contributed by atoms with Crippen molar-refractivity contribution < 1.29 is 19.0 Å². The Bertz CT molecular complexity index is 758. The van der Waals surface area contributed by atoms with E-state index < -0.39 is 6.10 Å². The minimum atomic E-state index is -0.655. The van der Waals surface area contributed by atoms with Gasteiger partial charge < -0.3 is 15.2 Å². The number of halogens is 1. The first-order valence-corrected chi connectivity index (χ1v) is 8.43. The zero-order valence-electron chi connectivity index (χ0n) is 14.2. The average Bonchev–Trinajstić information content (AvgIpc) is 3.41. The van der Waals surface area contributed by atoms with Gasteiger partial charge in [-0.1, -0.05) is 24.3 Å². The zero-order valence-corrected chi connectivity index (χ0v) is 14.2. The number of amides is 1. The van der Waals surface area contributed by atoms with Gasteiger partial charge in [-0.3, -0.25) is 4.79 Å². The highest BCUT2D eigenvalue weighted by molar-refractivity contribution is 5.80. The predicted octanol–water partition coefficient (Wildman–Crippen LogP) is 2.93. The molecule has 1 atom stereocenters. The SMILES string of the molecule is CC(Oc1cccc(CO)c1)C(=O)NCC1(c2cccc(F)c2)CC1. The van der Waals surface area contributed by atoms with Gasteiger partial charge in [0.15, 0.2) is 6.10 Å². The van der Waals surface area contributed by atoms with Gasteiger partial charge in [0.05, 0.1) is 6.61 Å². The summed E-state index contributed by atoms with van der Waals surface area (Å²) in [4.78, 5) is 12.3. The molecule has 4 nitrogen and oxygen atoms in total. The van der Waals surface area contributed by atoms with Crippen LogP contribution in [0.5, 0.6) is 5.75 Å². The number of hydrogen-bond acceptors (Lipinski definition) is 3. The number of ether oxygens (including phenoxy) is 1. The highest BCUT2D eigenvalue weighted by atomic mass is 19.1. The topological polar surface area (TPSA) is 58.6 Å². The molecule has 132 valence electrons. The summed E-state index contributed by atoms with van der Waals surface area (Å²) in [5.41, 5.74) is 1.50. The van der Waals surface area contributed by atoms with E-state index in [4.69, 9.17) is 9.84 Å². The second-order valence-electron chi connectivity index (χ2n) is 6.57. The lowest BCUT2D eigenvalue weighted by atomic mass is 9.96. The second-order valence-corrected chi connectivity index (χ2v) is 6.57. The van der Waals surface area contributed by atoms with Gasteiger partial charge in [0.1, 0.15) is 11.6 Å². The van der Waals surface area contributed by atoms with Crippen LogP contribution in [0.15, 0.2) is 48.5 Å². The van der Waals surface area contributed by atoms with E-state index >= 15 is 0 Å². The van der Waals surface area contributed by atoms with Crippen LogP contribution in [-0.2, 0) is 16.8 Å². The van der Waals surface area contributed by atoms with Crippen molar-refractivity contribution in [1.82, 2.24) is 5.32 Å². The summed E-state index contributed by atoms with van der Waals surface area (Å²) in [5, 5.41) is 12.1. The fraction of sp³-hybridized carbons (Fsp3) is 0.350. The maximum Gasteiger partial charge on any atom is 0.260 e. The molecule has 0 spiro atoms. The summed E-state index contributed by atoms with van der Waals surface area (Å²) in [6.45, 7) is 2.08. The molecule has 1 aliphatic rings. The molecule has 0 saturated heterocycles. The van der Waals surface area contributed by atoms with Gasteiger partial charge in [-0.15, -0.1) is 0 Å². The molecule has 2 aromatic carbocycles. The van der Waals surface area contributed by atoms with E-state index in [9.17, 15) is 9.18 Å². The van der Waals surface area contributed by atoms with E-state index in [1.165, 1.54) is 6.07 Å². The van der Waals surface area contributed by atoms with Crippen molar-refractivity contribution in [2.45, 2.75) is 37.9 Å². The molecule has 0 aliphatic heterocycles. The summed E-state index contributed by atoms with van der Waals surface area (Å²) >= 11 is 0. The highest BCUT2D eigenvalue weighted by Crippen LogP contribution is 2.47. The van der Waals surface area contributed by atoms with E-state index in [1.54, 1.807) is 43.3 Å². The van der Waals surface area contributed by atoms with Gasteiger partial charge in [-0.25, -0.2) is 4.39 Å². The molecule has 25 heavy (non-hydrogen) atoms. The molecule has 1 fully saturated rings. The van der Waals surface area contributed by atoms with Gasteiger partial charge >= 0.3 is 0 Å². The molecule has 0 radical (unpaired) electrons. The van der Waals surface area contributed by atoms with Crippen LogP contribution in [0.25, 0.3) is 0 Å². The lowest BCUT2D eigenvalue weighted by molar-refractivity contribution is -0.127. The van der Waals surface area contributed by atoms with E-state index in [0.717, 1.165) is 24.0 Å². The van der Waals surface area contributed by atoms with E-state index in [0.29, 0.717) is 12.3 Å². The van der Waals surface area contributed by atoms with Crippen molar-refractivity contribution in [2.24, 2.45) is 0 Å². The van der Waals surface area contributed by atoms with Gasteiger partial charge in [0.25, 0.3) is 5.91 Å². The van der Waals surface area contributed by atoms with Crippen LogP contribution >= 0.6 is 0 Å². The largest absolute Gasteiger partial charge is 0.481 e. The first-order chi connectivity index (χ1) is 12.0. The first kappa shape index (κ1) is 17.4. The fourth-order valence-corrected chi connectivity index (χ4v) is 2.91. The summed E-state index contributed by atoms with van der Waals surface area (Å²) in [7, 11) is 0. The Labute approximate surface area is 146 Å². The number of nitrogens with one attached hydrogen (secondary N) is 1. The lowest BCUT2D eigenvalue weighted by Gasteiger charge is -2.19. The minimum absolute atomic E-state index is 0.0755. The van der Waals surface area contributed by atoms with Crippen molar-refractivity contribution in [1.29, 1.82) is 0 Å². The number of carbonyl (C=O) groups is 1. The molecule has 1 saturated carbocycles. The number of rotatable bonds is 7. The van der Waals surface area contributed by atoms with Crippen LogP contribution in [0.2, 0.25) is 0 Å². The number of carbonyl (C=O) groups excluding carboxylic acids is 1. The van der Waals surface area contributed by atoms with Gasteiger partial charge in [0.2, 0.25) is 0 Å². The van der Waals surface area contributed by atoms with E-state index in [1.807, 2.05) is 6.07 Å². The Morgan fingerprint density at radius 2 is 2.04 bits per heavy atom. The molecule has 3 rings (SSSR count). The summed E-state index contributed by atoms with van der Waals surface area (Å²) < 4.78 is 19.1. The molecule has 2 aromatic rings. The molecule has 0 bridgehead atoms. The molecule has 2 N–H and O–H groups in total. The predicted molar refractivity (Wildman–Crippen MR) is 92.8 cm³/mol. The molecule has 0 heterocycles. The Balaban J connectivity index is 1.57. The first-order valence-electron chi connectivity index (χ1n) is 8.43. The minimum Gasteiger partial charge on any atom is -0.481 e. The average molecular weight is 343 g/mol. The quantitative estimate of drug-likeness (QED) is 0.813. The second kappa shape index (κ2) is 7.23. The van der Waals surface area contributed by atoms with Crippen molar-refractivity contribution >= 4 is 5.91 Å². The van der Waals surface area contributed by atoms with Crippen molar-refractivity contribution in [3.8, 4) is 5.75 Å². The van der Waals surface area contributed by atoms with E-state index in [-0.39, 0.29) is 23.7 Å². The van der Waals surface area contributed by atoms with Crippen LogP contribution < -0.4 is 10.1 Å². The Morgan fingerprint density at radius 1 is 1.28 bits per heavy atom. The molecule has 1 unspecified atom stereocenters. The van der Waals surface area contributed by atoms with Crippen LogP contribution in [0.1, 0.15) is 30.9 Å². The number of aliphatic hydroxyl groups is 1. The molecular weight excluding hydrogens is 321 g/mol. The molecule has 1 amide bonds. The Morgan fingerprint density at radius 3 is 2.72 bits per heavy atom. The lowest BCUT2D eigenvalue weighted by Crippen LogP contribution is -2.40. The fourth-order valence-electron chi connectivity index (χ4n) is 2.91. The Kier molecular flexibility index (Phi) is 5.04. The monoisotopic (exact) mass is 343 g/mol. The van der Waals surface area contributed by atoms with Gasteiger partial charge in [-0.05, 0) is 55.2 Å². The Hall–Kier alpha value is -2.40. The third kappa shape index (κ3) is 4.17. The van der Waals surface area contributed by atoms with Crippen molar-refractivity contribution in [3.63, 3.8) is 0 Å². The third-order valence-corrected chi connectivity index (χ3v) is 4.65. The maximum absolute atomic E-state index is 13.4. The van der Waals surface area contributed by atoms with Crippen LogP contribution in [-0.4, -0.2) is 23.7 Å². The zero-order chi connectivity index (χ0) is 17.9. The van der Waals surface area contributed by atoms with Crippen molar-refractivity contribution in [3.05, 3.63) is 65.5 Å². The van der Waals surface area contributed by atoms with Gasteiger partial charge in [-0.2, -0.15) is 0 Å². The maximum atomic E-state index is 13.4. The standard InChI is InChI=1S/C20H22FNO3/c1-14(25-18-7-2-4-15(10-18)12-23)19(24)22-13-20(8-9-20)16-5-3-6-17(21)11-16/h2-7,10-11,14,23H,8-9,12-13H2,1H3,(H,22,24). The molecule has 1 aliphatic carbocycles. The number of benzene rings is 2. The molecular formula is C20H22FNO3. The van der Waals surface area contributed by atoms with Crippen LogP contribution in [0.3, 0.4) is 0 Å². The summed E-state index contributed by atoms with van der Waals surface area (Å²) in [6.07, 6.45) is 1.21. The van der Waals surface area contributed by atoms with Crippen LogP contribution in [0.4, 0.5) is 4.39 Å².